The molecule has 0 unspecified atom stereocenters. The molecule has 1 heteroatoms. The predicted octanol–water partition coefficient (Wildman–Crippen LogP) is 8.02. The Morgan fingerprint density at radius 1 is 0.806 bits per heavy atom. The summed E-state index contributed by atoms with van der Waals surface area (Å²) >= 11 is 0. The Balaban J connectivity index is 1.41. The summed E-state index contributed by atoms with van der Waals surface area (Å²) in [6.45, 7) is 17.4. The van der Waals surface area contributed by atoms with E-state index in [1.165, 1.54) is 57.8 Å². The Morgan fingerprint density at radius 3 is 2.19 bits per heavy atom. The summed E-state index contributed by atoms with van der Waals surface area (Å²) in [5.41, 5.74) is 2.36. The average molecular weight is 427 g/mol. The van der Waals surface area contributed by atoms with Gasteiger partial charge in [0.2, 0.25) is 0 Å². The Kier molecular flexibility index (Phi) is 4.98. The fourth-order valence-electron chi connectivity index (χ4n) is 11.0. The van der Waals surface area contributed by atoms with Crippen LogP contribution in [0.15, 0.2) is 12.2 Å². The lowest BCUT2D eigenvalue weighted by Crippen LogP contribution is -2.57. The molecule has 2 spiro atoms. The van der Waals surface area contributed by atoms with Crippen LogP contribution in [0.25, 0.3) is 0 Å². The lowest BCUT2D eigenvalue weighted by Gasteiger charge is -2.63. The Morgan fingerprint density at radius 2 is 1.48 bits per heavy atom. The molecule has 0 heterocycles. The summed E-state index contributed by atoms with van der Waals surface area (Å²) in [5.74, 6) is 4.06. The third kappa shape index (κ3) is 2.71. The van der Waals surface area contributed by atoms with E-state index in [2.05, 4.69) is 60.6 Å². The molecule has 31 heavy (non-hydrogen) atoms. The van der Waals surface area contributed by atoms with Crippen LogP contribution < -0.4 is 0 Å². The highest BCUT2D eigenvalue weighted by atomic mass is 16.3. The van der Waals surface area contributed by atoms with Gasteiger partial charge in [0.1, 0.15) is 0 Å². The smallest absolute Gasteiger partial charge is 0.0594 e. The highest BCUT2D eigenvalue weighted by molar-refractivity contribution is 5.30. The number of aliphatic hydroxyl groups excluding tert-OH is 1. The van der Waals surface area contributed by atoms with Crippen molar-refractivity contribution in [3.05, 3.63) is 12.2 Å². The summed E-state index contributed by atoms with van der Waals surface area (Å²) in [4.78, 5) is 0. The molecule has 0 amide bonds. The zero-order valence-corrected chi connectivity index (χ0v) is 21.6. The second-order valence-corrected chi connectivity index (χ2v) is 14.4. The van der Waals surface area contributed by atoms with Crippen LogP contribution in [0.1, 0.15) is 113 Å². The van der Waals surface area contributed by atoms with Crippen molar-refractivity contribution in [1.29, 1.82) is 0 Å². The fraction of sp³-hybridized carbons (Fsp3) is 0.933. The molecule has 0 bridgehead atoms. The average Bonchev–Trinajstić information content (AvgIpc) is 3.27. The lowest BCUT2D eigenvalue weighted by atomic mass is 9.42. The van der Waals surface area contributed by atoms with Crippen LogP contribution in [0, 0.1) is 56.7 Å². The van der Waals surface area contributed by atoms with E-state index in [4.69, 9.17) is 0 Å². The molecule has 9 atom stereocenters. The minimum Gasteiger partial charge on any atom is -0.393 e. The van der Waals surface area contributed by atoms with Gasteiger partial charge in [0, 0.05) is 0 Å². The molecular formula is C30H50O. The summed E-state index contributed by atoms with van der Waals surface area (Å²) < 4.78 is 0. The molecule has 0 aromatic heterocycles. The van der Waals surface area contributed by atoms with Crippen LogP contribution in [0.2, 0.25) is 0 Å². The molecule has 5 aliphatic rings. The first-order chi connectivity index (χ1) is 14.4. The van der Waals surface area contributed by atoms with Gasteiger partial charge in [-0.2, -0.15) is 0 Å². The minimum absolute atomic E-state index is 0.0858. The van der Waals surface area contributed by atoms with Gasteiger partial charge in [-0.15, -0.1) is 0 Å². The van der Waals surface area contributed by atoms with Gasteiger partial charge in [0.15, 0.2) is 0 Å². The number of hydrogen-bond donors (Lipinski definition) is 1. The second-order valence-electron chi connectivity index (χ2n) is 14.4. The number of rotatable bonds is 4. The van der Waals surface area contributed by atoms with Gasteiger partial charge in [-0.25, -0.2) is 0 Å². The maximum Gasteiger partial charge on any atom is 0.0594 e. The van der Waals surface area contributed by atoms with E-state index in [1.54, 1.807) is 0 Å². The number of hydrogen-bond acceptors (Lipinski definition) is 1. The van der Waals surface area contributed by atoms with Gasteiger partial charge in [0.25, 0.3) is 0 Å². The third-order valence-electron chi connectivity index (χ3n) is 12.9. The van der Waals surface area contributed by atoms with Crippen LogP contribution in [0.5, 0.6) is 0 Å². The highest BCUT2D eigenvalue weighted by Gasteiger charge is 2.82. The van der Waals surface area contributed by atoms with Gasteiger partial charge in [-0.3, -0.25) is 0 Å². The topological polar surface area (TPSA) is 20.2 Å². The SMILES string of the molecule is CC(C)/C=C/C[C@@H](C)[C@H]1CC[C@@]2(C)[C@@H]3CC[C@H]4C(C)(C)[C@@H](O)CC[C@@]45C[C@@]35CC[C@]12C. The Hall–Kier alpha value is -0.300. The van der Waals surface area contributed by atoms with Crippen molar-refractivity contribution in [3.63, 3.8) is 0 Å². The normalized spacial score (nSPS) is 53.6. The minimum atomic E-state index is -0.0858. The first kappa shape index (κ1) is 22.5. The van der Waals surface area contributed by atoms with E-state index in [0.717, 1.165) is 30.1 Å². The first-order valence-electron chi connectivity index (χ1n) is 13.8. The van der Waals surface area contributed by atoms with Gasteiger partial charge >= 0.3 is 0 Å². The Labute approximate surface area is 192 Å². The third-order valence-corrected chi connectivity index (χ3v) is 12.9. The molecule has 5 saturated carbocycles. The van der Waals surface area contributed by atoms with E-state index < -0.39 is 0 Å². The van der Waals surface area contributed by atoms with Crippen LogP contribution in [0.4, 0.5) is 0 Å². The molecule has 0 aliphatic heterocycles. The van der Waals surface area contributed by atoms with Crippen LogP contribution in [-0.2, 0) is 0 Å². The fourth-order valence-corrected chi connectivity index (χ4v) is 11.0. The molecule has 176 valence electrons. The monoisotopic (exact) mass is 426 g/mol. The van der Waals surface area contributed by atoms with E-state index in [-0.39, 0.29) is 11.5 Å². The van der Waals surface area contributed by atoms with Crippen molar-refractivity contribution in [1.82, 2.24) is 0 Å². The van der Waals surface area contributed by atoms with E-state index in [9.17, 15) is 5.11 Å². The van der Waals surface area contributed by atoms with E-state index >= 15 is 0 Å². The standard InChI is InChI=1S/C30H50O/c1-20(2)9-8-10-21(3)22-13-15-28(7)24-12-11-23-26(4,5)25(31)14-16-29(23)19-30(24,29)18-17-27(22,28)6/h8-9,20-25,31H,10-19H2,1-7H3/b9-8+/t21-,22-,23+,24+,25+,27-,28+,29-,30+/m1/s1. The van der Waals surface area contributed by atoms with Crippen molar-refractivity contribution in [3.8, 4) is 0 Å². The number of allylic oxidation sites excluding steroid dienone is 2. The molecule has 0 aromatic rings. The lowest BCUT2D eigenvalue weighted by molar-refractivity contribution is -0.161. The van der Waals surface area contributed by atoms with Crippen LogP contribution >= 0.6 is 0 Å². The molecule has 0 radical (unpaired) electrons. The molecule has 0 saturated heterocycles. The van der Waals surface area contributed by atoms with Crippen molar-refractivity contribution in [2.45, 2.75) is 119 Å². The van der Waals surface area contributed by atoms with Crippen molar-refractivity contribution >= 4 is 0 Å². The van der Waals surface area contributed by atoms with Crippen LogP contribution in [-0.4, -0.2) is 11.2 Å². The first-order valence-corrected chi connectivity index (χ1v) is 13.8. The number of fused-ring (bicyclic) bond motifs is 2. The predicted molar refractivity (Wildman–Crippen MR) is 131 cm³/mol. The van der Waals surface area contributed by atoms with E-state index in [1.807, 2.05) is 0 Å². The summed E-state index contributed by atoms with van der Waals surface area (Å²) in [6, 6.07) is 0. The number of aliphatic hydroxyl groups is 1. The maximum absolute atomic E-state index is 10.8. The quantitative estimate of drug-likeness (QED) is 0.451. The molecule has 1 nitrogen and oxygen atoms in total. The van der Waals surface area contributed by atoms with Crippen LogP contribution in [0.3, 0.4) is 0 Å². The van der Waals surface area contributed by atoms with Crippen molar-refractivity contribution < 1.29 is 5.11 Å². The van der Waals surface area contributed by atoms with E-state index in [0.29, 0.717) is 27.6 Å². The van der Waals surface area contributed by atoms with Crippen molar-refractivity contribution in [2.75, 3.05) is 0 Å². The highest BCUT2D eigenvalue weighted by Crippen LogP contribution is 2.89. The molecule has 5 fully saturated rings. The summed E-state index contributed by atoms with van der Waals surface area (Å²) in [7, 11) is 0. The Bertz CT molecular complexity index is 750. The molecule has 1 N–H and O–H groups in total. The maximum atomic E-state index is 10.8. The molecule has 5 aliphatic carbocycles. The van der Waals surface area contributed by atoms with Gasteiger partial charge in [-0.05, 0) is 121 Å². The molecular weight excluding hydrogens is 376 g/mol. The van der Waals surface area contributed by atoms with Gasteiger partial charge < -0.3 is 5.11 Å². The van der Waals surface area contributed by atoms with Gasteiger partial charge in [-0.1, -0.05) is 60.6 Å². The summed E-state index contributed by atoms with van der Waals surface area (Å²) in [6.07, 6.45) is 18.6. The molecule has 5 rings (SSSR count). The zero-order chi connectivity index (χ0) is 22.4. The molecule has 0 aromatic carbocycles. The zero-order valence-electron chi connectivity index (χ0n) is 21.6. The summed E-state index contributed by atoms with van der Waals surface area (Å²) in [5, 5.41) is 10.8. The van der Waals surface area contributed by atoms with Crippen molar-refractivity contribution in [2.24, 2.45) is 56.7 Å². The largest absolute Gasteiger partial charge is 0.393 e. The van der Waals surface area contributed by atoms with Gasteiger partial charge in [0.05, 0.1) is 6.10 Å². The second kappa shape index (κ2) is 6.86.